The fourth-order valence-electron chi connectivity index (χ4n) is 4.18. The number of ketones is 1. The summed E-state index contributed by atoms with van der Waals surface area (Å²) in [4.78, 5) is 27.6. The molecule has 10 nitrogen and oxygen atoms in total. The van der Waals surface area contributed by atoms with Crippen molar-refractivity contribution in [2.75, 3.05) is 48.7 Å². The Hall–Kier alpha value is -3.45. The first kappa shape index (κ1) is 26.6. The molecule has 0 saturated carbocycles. The van der Waals surface area contributed by atoms with Crippen LogP contribution in [0.3, 0.4) is 0 Å². The summed E-state index contributed by atoms with van der Waals surface area (Å²) >= 11 is 1.57. The molecule has 12 heteroatoms. The number of carbonyl (C=O) groups excluding carboxylic acids is 1. The molecule has 4 N–H and O–H groups in total. The van der Waals surface area contributed by atoms with E-state index in [0.29, 0.717) is 44.2 Å². The summed E-state index contributed by atoms with van der Waals surface area (Å²) in [5.41, 5.74) is -0.593. The number of benzene rings is 3. The summed E-state index contributed by atoms with van der Waals surface area (Å²) in [7, 11) is -4.48. The maximum atomic E-state index is 13.5. The van der Waals surface area contributed by atoms with E-state index in [1.807, 2.05) is 35.2 Å². The minimum absolute atomic E-state index is 0.104. The number of nitrogens with zero attached hydrogens (tertiary/aromatic N) is 2. The Labute approximate surface area is 219 Å². The number of nitro groups is 1. The maximum absolute atomic E-state index is 13.5. The lowest BCUT2D eigenvalue weighted by Crippen LogP contribution is -2.44. The molecule has 194 valence electrons. The molecule has 0 radical (unpaired) electrons. The Morgan fingerprint density at radius 1 is 1.08 bits per heavy atom. The molecule has 1 saturated heterocycles. The average molecular weight is 542 g/mol. The lowest BCUT2D eigenvalue weighted by Gasteiger charge is -2.32. The number of hydrogen-bond acceptors (Lipinski definition) is 9. The first-order valence-corrected chi connectivity index (χ1v) is 14.2. The third-order valence-electron chi connectivity index (χ3n) is 5.87. The Bertz CT molecular complexity index is 1380. The van der Waals surface area contributed by atoms with Gasteiger partial charge in [-0.1, -0.05) is 48.5 Å². The molecule has 37 heavy (non-hydrogen) atoms. The van der Waals surface area contributed by atoms with Crippen molar-refractivity contribution in [1.82, 2.24) is 5.32 Å². The van der Waals surface area contributed by atoms with Crippen LogP contribution in [0.15, 0.2) is 76.5 Å². The molecule has 1 heterocycles. The van der Waals surface area contributed by atoms with Crippen molar-refractivity contribution in [2.45, 2.75) is 9.79 Å². The fourth-order valence-corrected chi connectivity index (χ4v) is 5.72. The molecule has 1 aliphatic heterocycles. The number of nitrogens with two attached hydrogens (primary N) is 1. The fraction of sp³-hybridized carbons (Fsp3) is 0.240. The van der Waals surface area contributed by atoms with Gasteiger partial charge in [0.2, 0.25) is 15.8 Å². The number of anilines is 2. The van der Waals surface area contributed by atoms with Gasteiger partial charge in [-0.25, -0.2) is 13.6 Å². The van der Waals surface area contributed by atoms with Crippen LogP contribution >= 0.6 is 11.8 Å². The Balaban J connectivity index is 1.84. The van der Waals surface area contributed by atoms with Crippen LogP contribution in [0.25, 0.3) is 0 Å². The normalized spacial score (nSPS) is 13.8. The van der Waals surface area contributed by atoms with E-state index in [4.69, 9.17) is 5.14 Å². The molecule has 3 aromatic carbocycles. The molecular weight excluding hydrogens is 514 g/mol. The van der Waals surface area contributed by atoms with E-state index in [9.17, 15) is 23.3 Å². The Morgan fingerprint density at radius 3 is 2.30 bits per heavy atom. The van der Waals surface area contributed by atoms with E-state index < -0.39 is 36.9 Å². The smallest absolute Gasteiger partial charge is 0.306 e. The molecule has 0 atom stereocenters. The third kappa shape index (κ3) is 6.28. The number of nitrogens with one attached hydrogen (secondary N) is 2. The molecule has 1 aliphatic rings. The van der Waals surface area contributed by atoms with E-state index in [2.05, 4.69) is 10.6 Å². The zero-order valence-electron chi connectivity index (χ0n) is 19.9. The molecule has 0 aromatic heterocycles. The maximum Gasteiger partial charge on any atom is 0.306 e. The lowest BCUT2D eigenvalue weighted by molar-refractivity contribution is -0.384. The number of thioether (sulfide) groups is 1. The van der Waals surface area contributed by atoms with Gasteiger partial charge < -0.3 is 15.5 Å². The van der Waals surface area contributed by atoms with Gasteiger partial charge in [0.15, 0.2) is 0 Å². The predicted molar refractivity (Wildman–Crippen MR) is 145 cm³/mol. The topological polar surface area (TPSA) is 148 Å². The average Bonchev–Trinajstić information content (AvgIpc) is 2.91. The highest BCUT2D eigenvalue weighted by atomic mass is 32.2. The van der Waals surface area contributed by atoms with Crippen molar-refractivity contribution in [3.05, 3.63) is 88.0 Å². The van der Waals surface area contributed by atoms with Crippen molar-refractivity contribution in [3.8, 4) is 0 Å². The zero-order chi connectivity index (χ0) is 26.4. The largest absolute Gasteiger partial charge is 0.377 e. The summed E-state index contributed by atoms with van der Waals surface area (Å²) in [6, 6.07) is 18.9. The molecule has 0 aliphatic carbocycles. The molecule has 3 aromatic rings. The van der Waals surface area contributed by atoms with Crippen molar-refractivity contribution < 1.29 is 18.1 Å². The van der Waals surface area contributed by atoms with E-state index in [1.165, 1.54) is 18.2 Å². The van der Waals surface area contributed by atoms with Crippen molar-refractivity contribution in [1.29, 1.82) is 0 Å². The van der Waals surface area contributed by atoms with Gasteiger partial charge in [0.05, 0.1) is 10.6 Å². The van der Waals surface area contributed by atoms with Crippen LogP contribution in [0.2, 0.25) is 0 Å². The summed E-state index contributed by atoms with van der Waals surface area (Å²) in [5, 5.41) is 24.4. The molecule has 0 amide bonds. The highest BCUT2D eigenvalue weighted by molar-refractivity contribution is 7.99. The quantitative estimate of drug-likeness (QED) is 0.116. The molecule has 4 rings (SSSR count). The molecule has 1 fully saturated rings. The van der Waals surface area contributed by atoms with Crippen molar-refractivity contribution in [3.63, 3.8) is 0 Å². The predicted octanol–water partition coefficient (Wildman–Crippen LogP) is 3.09. The number of nitro benzene ring substituents is 1. The zero-order valence-corrected chi connectivity index (χ0v) is 21.6. The highest BCUT2D eigenvalue weighted by Gasteiger charge is 2.36. The van der Waals surface area contributed by atoms with Crippen LogP contribution in [-0.2, 0) is 10.0 Å². The van der Waals surface area contributed by atoms with E-state index in [-0.39, 0.29) is 11.3 Å². The summed E-state index contributed by atoms with van der Waals surface area (Å²) in [5.74, 6) is -0.203. The number of carbonyl (C=O) groups is 1. The Morgan fingerprint density at radius 2 is 1.70 bits per heavy atom. The second kappa shape index (κ2) is 11.7. The van der Waals surface area contributed by atoms with E-state index in [0.717, 1.165) is 4.90 Å². The number of primary sulfonamides is 1. The van der Waals surface area contributed by atoms with Gasteiger partial charge in [0, 0.05) is 48.9 Å². The molecule has 0 bridgehead atoms. The SMILES string of the molecule is NS(=O)(=O)c1cc(N2CCNCC2)c(NCCSc2ccccc2)c([N+](=O)[O-])c1C(=O)c1ccccc1. The van der Waals surface area contributed by atoms with E-state index in [1.54, 1.807) is 30.0 Å². The minimum atomic E-state index is -4.48. The molecule has 0 spiro atoms. The standard InChI is InChI=1S/C25H27N5O5S2/c26-37(34,35)21-17-20(29-14-11-27-12-15-29)23(28-13-16-36-19-9-5-2-6-10-19)24(30(32)33)22(21)25(31)18-7-3-1-4-8-18/h1-10,17,27-28H,11-16H2,(H2,26,34,35). The molecular formula is C25H27N5O5S2. The third-order valence-corrected chi connectivity index (χ3v) is 7.82. The van der Waals surface area contributed by atoms with Crippen LogP contribution in [0.5, 0.6) is 0 Å². The van der Waals surface area contributed by atoms with Crippen molar-refractivity contribution >= 4 is 44.6 Å². The first-order valence-electron chi connectivity index (χ1n) is 11.6. The molecule has 0 unspecified atom stereocenters. The summed E-state index contributed by atoms with van der Waals surface area (Å²) in [6.07, 6.45) is 0. The number of piperazine rings is 1. The first-order chi connectivity index (χ1) is 17.8. The summed E-state index contributed by atoms with van der Waals surface area (Å²) in [6.45, 7) is 2.58. The van der Waals surface area contributed by atoms with Gasteiger partial charge >= 0.3 is 5.69 Å². The highest BCUT2D eigenvalue weighted by Crippen LogP contribution is 2.43. The van der Waals surface area contributed by atoms with E-state index >= 15 is 0 Å². The van der Waals surface area contributed by atoms with Crippen LogP contribution in [-0.4, -0.2) is 57.6 Å². The van der Waals surface area contributed by atoms with Gasteiger partial charge in [0.25, 0.3) is 0 Å². The second-order valence-electron chi connectivity index (χ2n) is 8.32. The van der Waals surface area contributed by atoms with Crippen LogP contribution < -0.4 is 20.7 Å². The van der Waals surface area contributed by atoms with Gasteiger partial charge in [-0.3, -0.25) is 14.9 Å². The minimum Gasteiger partial charge on any atom is -0.377 e. The van der Waals surface area contributed by atoms with Crippen molar-refractivity contribution in [2.24, 2.45) is 5.14 Å². The van der Waals surface area contributed by atoms with Gasteiger partial charge in [-0.15, -0.1) is 11.8 Å². The van der Waals surface area contributed by atoms with Crippen LogP contribution in [0.1, 0.15) is 15.9 Å². The van der Waals surface area contributed by atoms with Gasteiger partial charge in [0.1, 0.15) is 16.1 Å². The van der Waals surface area contributed by atoms with Crippen LogP contribution in [0.4, 0.5) is 17.1 Å². The number of rotatable bonds is 10. The summed E-state index contributed by atoms with van der Waals surface area (Å²) < 4.78 is 25.4. The Kier molecular flexibility index (Phi) is 8.44. The number of hydrogen-bond donors (Lipinski definition) is 3. The monoisotopic (exact) mass is 541 g/mol. The van der Waals surface area contributed by atoms with Gasteiger partial charge in [-0.2, -0.15) is 0 Å². The van der Waals surface area contributed by atoms with Gasteiger partial charge in [-0.05, 0) is 18.2 Å². The second-order valence-corrected chi connectivity index (χ2v) is 11.0. The lowest BCUT2D eigenvalue weighted by atomic mass is 9.99. The van der Waals surface area contributed by atoms with Crippen LogP contribution in [0, 0.1) is 10.1 Å². The number of sulfonamides is 1.